The van der Waals surface area contributed by atoms with Crippen molar-refractivity contribution in [2.75, 3.05) is 0 Å². The number of benzene rings is 3. The van der Waals surface area contributed by atoms with Crippen molar-refractivity contribution in [3.8, 4) is 34.2 Å². The Morgan fingerprint density at radius 2 is 0.611 bits per heavy atom. The second-order valence-corrected chi connectivity index (χ2v) is 8.06. The highest BCUT2D eigenvalue weighted by atomic mass is 15.0. The van der Waals surface area contributed by atoms with E-state index in [2.05, 4.69) is 39.5 Å². The molecule has 0 aliphatic heterocycles. The van der Waals surface area contributed by atoms with Gasteiger partial charge in [-0.3, -0.25) is 0 Å². The van der Waals surface area contributed by atoms with Crippen molar-refractivity contribution in [2.45, 2.75) is 0 Å². The van der Waals surface area contributed by atoms with Gasteiger partial charge in [0.05, 0.1) is 0 Å². The van der Waals surface area contributed by atoms with E-state index in [1.54, 1.807) is 36.5 Å². The van der Waals surface area contributed by atoms with Gasteiger partial charge in [0.15, 0.2) is 17.5 Å². The topological polar surface area (TPSA) is 38.7 Å². The van der Waals surface area contributed by atoms with Crippen LogP contribution in [0.3, 0.4) is 0 Å². The first-order valence-corrected chi connectivity index (χ1v) is 11.5. The molecular weight excluding hydrogens is 438 g/mol. The van der Waals surface area contributed by atoms with Crippen LogP contribution in [-0.2, 0) is 0 Å². The number of rotatable bonds is 9. The maximum absolute atomic E-state index is 4.86. The molecule has 0 N–H and O–H groups in total. The monoisotopic (exact) mass is 465 g/mol. The first kappa shape index (κ1) is 24.2. The normalized spacial score (nSPS) is 10.3. The lowest BCUT2D eigenvalue weighted by molar-refractivity contribution is 1.07. The van der Waals surface area contributed by atoms with Gasteiger partial charge >= 0.3 is 0 Å². The summed E-state index contributed by atoms with van der Waals surface area (Å²) in [4.78, 5) is 14.6. The largest absolute Gasteiger partial charge is 0.208 e. The van der Waals surface area contributed by atoms with Crippen molar-refractivity contribution in [1.29, 1.82) is 0 Å². The third-order valence-corrected chi connectivity index (χ3v) is 5.99. The third kappa shape index (κ3) is 4.68. The van der Waals surface area contributed by atoms with Crippen molar-refractivity contribution in [2.24, 2.45) is 0 Å². The first-order chi connectivity index (χ1) is 17.5. The van der Waals surface area contributed by atoms with Crippen LogP contribution < -0.4 is 0 Å². The quantitative estimate of drug-likeness (QED) is 0.248. The Bertz CT molecular complexity index is 1340. The van der Waals surface area contributed by atoms with Crippen LogP contribution in [0.1, 0.15) is 33.4 Å². The summed E-state index contributed by atoms with van der Waals surface area (Å²) in [6, 6.07) is 18.0. The van der Waals surface area contributed by atoms with Crippen LogP contribution in [0.4, 0.5) is 0 Å². The third-order valence-electron chi connectivity index (χ3n) is 5.99. The summed E-state index contributed by atoms with van der Waals surface area (Å²) < 4.78 is 0. The van der Waals surface area contributed by atoms with Gasteiger partial charge in [-0.1, -0.05) is 112 Å². The molecule has 174 valence electrons. The van der Waals surface area contributed by atoms with E-state index in [9.17, 15) is 0 Å². The smallest absolute Gasteiger partial charge is 0.164 e. The molecule has 0 amide bonds. The van der Waals surface area contributed by atoms with E-state index in [4.69, 9.17) is 15.0 Å². The Kier molecular flexibility index (Phi) is 7.12. The van der Waals surface area contributed by atoms with E-state index in [0.717, 1.165) is 50.1 Å². The first-order valence-electron chi connectivity index (χ1n) is 11.5. The highest BCUT2D eigenvalue weighted by molar-refractivity contribution is 5.76. The highest BCUT2D eigenvalue weighted by Gasteiger charge is 2.14. The maximum Gasteiger partial charge on any atom is 0.164 e. The minimum atomic E-state index is 0.564. The van der Waals surface area contributed by atoms with Crippen LogP contribution >= 0.6 is 0 Å². The van der Waals surface area contributed by atoms with Crippen molar-refractivity contribution in [3.63, 3.8) is 0 Å². The molecular formula is C33H27N3. The molecule has 1 aromatic heterocycles. The molecule has 3 heteroatoms. The van der Waals surface area contributed by atoms with E-state index in [1.165, 1.54) is 0 Å². The standard InChI is InChI=1S/C33H27N3/c1-7-22-13-16-28(19-25(22)10-4)31-34-32(29-17-14-23(8-2)26(11-5)20-29)36-33(35-31)30-18-15-24(9-3)27(12-6)21-30/h7-21H,1-6H2. The van der Waals surface area contributed by atoms with Crippen LogP contribution in [0.25, 0.3) is 70.6 Å². The van der Waals surface area contributed by atoms with Crippen LogP contribution in [-0.4, -0.2) is 15.0 Å². The van der Waals surface area contributed by atoms with Crippen LogP contribution in [0, 0.1) is 0 Å². The summed E-state index contributed by atoms with van der Waals surface area (Å²) in [5.74, 6) is 1.69. The fourth-order valence-corrected chi connectivity index (χ4v) is 3.99. The van der Waals surface area contributed by atoms with Crippen LogP contribution in [0.5, 0.6) is 0 Å². The van der Waals surface area contributed by atoms with Gasteiger partial charge in [-0.2, -0.15) is 0 Å². The predicted molar refractivity (Wildman–Crippen MR) is 157 cm³/mol. The molecule has 0 fully saturated rings. The lowest BCUT2D eigenvalue weighted by Gasteiger charge is -2.12. The van der Waals surface area contributed by atoms with Crippen molar-refractivity contribution in [3.05, 3.63) is 127 Å². The Balaban J connectivity index is 1.97. The molecule has 0 saturated carbocycles. The summed E-state index contributed by atoms with van der Waals surface area (Å²) in [5, 5.41) is 0. The minimum Gasteiger partial charge on any atom is -0.208 e. The van der Waals surface area contributed by atoms with Gasteiger partial charge in [-0.15, -0.1) is 0 Å². The second-order valence-electron chi connectivity index (χ2n) is 8.06. The van der Waals surface area contributed by atoms with Gasteiger partial charge in [0, 0.05) is 16.7 Å². The molecule has 0 unspecified atom stereocenters. The van der Waals surface area contributed by atoms with Gasteiger partial charge < -0.3 is 0 Å². The molecule has 4 aromatic rings. The number of hydrogen-bond donors (Lipinski definition) is 0. The van der Waals surface area contributed by atoms with E-state index in [-0.39, 0.29) is 0 Å². The molecule has 0 saturated heterocycles. The molecule has 1 heterocycles. The maximum atomic E-state index is 4.86. The average Bonchev–Trinajstić information content (AvgIpc) is 2.95. The zero-order valence-electron chi connectivity index (χ0n) is 20.2. The van der Waals surface area contributed by atoms with Gasteiger partial charge in [-0.25, -0.2) is 15.0 Å². The summed E-state index contributed by atoms with van der Waals surface area (Å²) in [6.45, 7) is 23.5. The number of aromatic nitrogens is 3. The molecule has 0 radical (unpaired) electrons. The van der Waals surface area contributed by atoms with Crippen molar-refractivity contribution < 1.29 is 0 Å². The predicted octanol–water partition coefficient (Wildman–Crippen LogP) is 8.73. The molecule has 3 nitrogen and oxygen atoms in total. The summed E-state index contributed by atoms with van der Waals surface area (Å²) in [6.07, 6.45) is 10.8. The van der Waals surface area contributed by atoms with Gasteiger partial charge in [-0.05, 0) is 51.6 Å². The van der Waals surface area contributed by atoms with Gasteiger partial charge in [0.1, 0.15) is 0 Å². The van der Waals surface area contributed by atoms with E-state index >= 15 is 0 Å². The van der Waals surface area contributed by atoms with Crippen LogP contribution in [0.2, 0.25) is 0 Å². The number of nitrogens with zero attached hydrogens (tertiary/aromatic N) is 3. The highest BCUT2D eigenvalue weighted by Crippen LogP contribution is 2.29. The van der Waals surface area contributed by atoms with E-state index in [1.807, 2.05) is 54.6 Å². The fraction of sp³-hybridized carbons (Fsp3) is 0. The lowest BCUT2D eigenvalue weighted by Crippen LogP contribution is -2.01. The Morgan fingerprint density at radius 1 is 0.361 bits per heavy atom. The fourth-order valence-electron chi connectivity index (χ4n) is 3.99. The average molecular weight is 466 g/mol. The zero-order valence-corrected chi connectivity index (χ0v) is 20.2. The summed E-state index contributed by atoms with van der Waals surface area (Å²) in [7, 11) is 0. The molecule has 4 rings (SSSR count). The second kappa shape index (κ2) is 10.6. The lowest BCUT2D eigenvalue weighted by atomic mass is 10.0. The Hall–Kier alpha value is -4.89. The van der Waals surface area contributed by atoms with Gasteiger partial charge in [0.2, 0.25) is 0 Å². The Labute approximate surface area is 213 Å². The van der Waals surface area contributed by atoms with Crippen molar-refractivity contribution in [1.82, 2.24) is 15.0 Å². The number of hydrogen-bond acceptors (Lipinski definition) is 3. The molecule has 0 aliphatic carbocycles. The molecule has 0 bridgehead atoms. The molecule has 0 spiro atoms. The molecule has 36 heavy (non-hydrogen) atoms. The summed E-state index contributed by atoms with van der Waals surface area (Å²) in [5.41, 5.74) is 8.44. The van der Waals surface area contributed by atoms with E-state index in [0.29, 0.717) is 17.5 Å². The summed E-state index contributed by atoms with van der Waals surface area (Å²) >= 11 is 0. The van der Waals surface area contributed by atoms with Crippen LogP contribution in [0.15, 0.2) is 94.1 Å². The minimum absolute atomic E-state index is 0.564. The van der Waals surface area contributed by atoms with Crippen molar-refractivity contribution >= 4 is 36.5 Å². The molecule has 0 atom stereocenters. The SMILES string of the molecule is C=Cc1ccc(-c2nc(-c3ccc(C=C)c(C=C)c3)nc(-c3ccc(C=C)c(C=C)c3)n2)cc1C=C. The van der Waals surface area contributed by atoms with Gasteiger partial charge in [0.25, 0.3) is 0 Å². The van der Waals surface area contributed by atoms with E-state index < -0.39 is 0 Å². The molecule has 3 aromatic carbocycles. The molecule has 0 aliphatic rings. The zero-order chi connectivity index (χ0) is 25.7. The Morgan fingerprint density at radius 3 is 0.833 bits per heavy atom.